The maximum Gasteiger partial charge on any atom is 0.133 e. The Kier molecular flexibility index (Phi) is 2.63. The van der Waals surface area contributed by atoms with Gasteiger partial charge in [0.05, 0.1) is 11.1 Å². The molecule has 0 spiro atoms. The van der Waals surface area contributed by atoms with Crippen molar-refractivity contribution in [1.82, 2.24) is 4.98 Å². The van der Waals surface area contributed by atoms with Crippen molar-refractivity contribution in [3.63, 3.8) is 0 Å². The number of pyridine rings is 1. The van der Waals surface area contributed by atoms with Crippen LogP contribution in [-0.4, -0.2) is 15.9 Å². The van der Waals surface area contributed by atoms with Crippen LogP contribution in [0, 0.1) is 0 Å². The van der Waals surface area contributed by atoms with Gasteiger partial charge in [0, 0.05) is 24.4 Å². The molecule has 3 heteroatoms. The number of aliphatic hydroxyl groups is 1. The Morgan fingerprint density at radius 2 is 1.94 bits per heavy atom. The topological polar surface area (TPSA) is 50.2 Å². The molecule has 0 aliphatic heterocycles. The summed E-state index contributed by atoms with van der Waals surface area (Å²) in [6, 6.07) is 9.71. The van der Waals surface area contributed by atoms with Crippen molar-refractivity contribution >= 4 is 16.7 Å². The highest BCUT2D eigenvalue weighted by Gasteiger charge is 2.34. The number of hydrogen-bond acceptors (Lipinski definition) is 3. The number of carbonyl (C=O) groups is 1. The zero-order chi connectivity index (χ0) is 12.6. The van der Waals surface area contributed by atoms with Gasteiger partial charge < -0.3 is 5.11 Å². The molecule has 1 aliphatic rings. The number of nitrogens with zero attached hydrogens (tertiary/aromatic N) is 1. The van der Waals surface area contributed by atoms with Crippen LogP contribution in [0.25, 0.3) is 10.9 Å². The molecule has 1 heterocycles. The lowest BCUT2D eigenvalue weighted by Crippen LogP contribution is -2.31. The number of fused-ring (bicyclic) bond motifs is 1. The van der Waals surface area contributed by atoms with E-state index in [9.17, 15) is 9.90 Å². The molecule has 3 nitrogen and oxygen atoms in total. The van der Waals surface area contributed by atoms with Crippen LogP contribution in [0.3, 0.4) is 0 Å². The summed E-state index contributed by atoms with van der Waals surface area (Å²) in [7, 11) is 0. The van der Waals surface area contributed by atoms with Gasteiger partial charge in [0.1, 0.15) is 5.78 Å². The molecule has 1 saturated carbocycles. The lowest BCUT2D eigenvalue weighted by Gasteiger charge is -2.32. The van der Waals surface area contributed by atoms with E-state index >= 15 is 0 Å². The smallest absolute Gasteiger partial charge is 0.133 e. The van der Waals surface area contributed by atoms with Crippen LogP contribution < -0.4 is 0 Å². The Labute approximate surface area is 105 Å². The Balaban J connectivity index is 2.01. The van der Waals surface area contributed by atoms with E-state index in [2.05, 4.69) is 4.98 Å². The summed E-state index contributed by atoms with van der Waals surface area (Å²) in [6.45, 7) is 0. The lowest BCUT2D eigenvalue weighted by atomic mass is 9.79. The summed E-state index contributed by atoms with van der Waals surface area (Å²) in [4.78, 5) is 15.5. The standard InChI is InChI=1S/C15H15NO2/c17-13-5-7-15(18,8-6-13)12-3-4-14-11(10-12)2-1-9-16-14/h1-4,9-10,18H,5-8H2. The first-order chi connectivity index (χ1) is 8.67. The Hall–Kier alpha value is -1.74. The van der Waals surface area contributed by atoms with Gasteiger partial charge in [-0.15, -0.1) is 0 Å². The summed E-state index contributed by atoms with van der Waals surface area (Å²) < 4.78 is 0. The Morgan fingerprint density at radius 1 is 1.17 bits per heavy atom. The SMILES string of the molecule is O=C1CCC(O)(c2ccc3ncccc3c2)CC1. The van der Waals surface area contributed by atoms with Gasteiger partial charge in [-0.2, -0.15) is 0 Å². The van der Waals surface area contributed by atoms with E-state index in [1.54, 1.807) is 6.20 Å². The molecule has 0 amide bonds. The molecular formula is C15H15NO2. The molecule has 18 heavy (non-hydrogen) atoms. The van der Waals surface area contributed by atoms with E-state index < -0.39 is 5.60 Å². The van der Waals surface area contributed by atoms with E-state index in [0.717, 1.165) is 16.5 Å². The molecule has 0 bridgehead atoms. The van der Waals surface area contributed by atoms with E-state index in [1.807, 2.05) is 30.3 Å². The highest BCUT2D eigenvalue weighted by Crippen LogP contribution is 2.36. The molecule has 0 unspecified atom stereocenters. The van der Waals surface area contributed by atoms with Crippen molar-refractivity contribution in [2.75, 3.05) is 0 Å². The number of ketones is 1. The first-order valence-electron chi connectivity index (χ1n) is 6.27. The first kappa shape index (κ1) is 11.4. The van der Waals surface area contributed by atoms with Crippen LogP contribution in [0.15, 0.2) is 36.5 Å². The molecule has 1 aromatic carbocycles. The fourth-order valence-electron chi connectivity index (χ4n) is 2.60. The zero-order valence-electron chi connectivity index (χ0n) is 10.1. The minimum absolute atomic E-state index is 0.252. The molecule has 1 N–H and O–H groups in total. The fourth-order valence-corrected chi connectivity index (χ4v) is 2.60. The molecule has 1 aliphatic carbocycles. The monoisotopic (exact) mass is 241 g/mol. The number of benzene rings is 1. The number of carbonyl (C=O) groups excluding carboxylic acids is 1. The second-order valence-corrected chi connectivity index (χ2v) is 4.98. The van der Waals surface area contributed by atoms with Crippen molar-refractivity contribution in [2.45, 2.75) is 31.3 Å². The number of Topliss-reactive ketones (excluding diaryl/α,β-unsaturated/α-hetero) is 1. The predicted molar refractivity (Wildman–Crippen MR) is 69.1 cm³/mol. The first-order valence-corrected chi connectivity index (χ1v) is 6.27. The van der Waals surface area contributed by atoms with Crippen molar-refractivity contribution < 1.29 is 9.90 Å². The van der Waals surface area contributed by atoms with Gasteiger partial charge in [-0.1, -0.05) is 12.1 Å². The van der Waals surface area contributed by atoms with Crippen molar-refractivity contribution in [2.24, 2.45) is 0 Å². The highest BCUT2D eigenvalue weighted by molar-refractivity contribution is 5.81. The summed E-state index contributed by atoms with van der Waals surface area (Å²) >= 11 is 0. The summed E-state index contributed by atoms with van der Waals surface area (Å²) in [5.41, 5.74) is 0.977. The average molecular weight is 241 g/mol. The van der Waals surface area contributed by atoms with E-state index in [1.165, 1.54) is 0 Å². The molecule has 2 aromatic rings. The van der Waals surface area contributed by atoms with Crippen LogP contribution >= 0.6 is 0 Å². The second kappa shape index (κ2) is 4.18. The minimum Gasteiger partial charge on any atom is -0.385 e. The summed E-state index contributed by atoms with van der Waals surface area (Å²) in [5, 5.41) is 11.7. The normalized spacial score (nSPS) is 19.1. The third-order valence-corrected chi connectivity index (χ3v) is 3.78. The van der Waals surface area contributed by atoms with Crippen molar-refractivity contribution in [3.8, 4) is 0 Å². The van der Waals surface area contributed by atoms with Crippen LogP contribution in [0.2, 0.25) is 0 Å². The third-order valence-electron chi connectivity index (χ3n) is 3.78. The largest absolute Gasteiger partial charge is 0.385 e. The average Bonchev–Trinajstić information content (AvgIpc) is 2.42. The van der Waals surface area contributed by atoms with E-state index in [-0.39, 0.29) is 5.78 Å². The maximum absolute atomic E-state index is 11.3. The van der Waals surface area contributed by atoms with E-state index in [0.29, 0.717) is 25.7 Å². The maximum atomic E-state index is 11.3. The van der Waals surface area contributed by atoms with Crippen molar-refractivity contribution in [3.05, 3.63) is 42.1 Å². The summed E-state index contributed by atoms with van der Waals surface area (Å²) in [6.07, 6.45) is 3.76. The summed E-state index contributed by atoms with van der Waals surface area (Å²) in [5.74, 6) is 0.252. The molecule has 0 atom stereocenters. The zero-order valence-corrected chi connectivity index (χ0v) is 10.1. The molecule has 0 radical (unpaired) electrons. The Bertz CT molecular complexity index is 596. The van der Waals surface area contributed by atoms with Gasteiger partial charge in [-0.05, 0) is 36.6 Å². The van der Waals surface area contributed by atoms with Crippen LogP contribution in [0.4, 0.5) is 0 Å². The van der Waals surface area contributed by atoms with E-state index in [4.69, 9.17) is 0 Å². The van der Waals surface area contributed by atoms with Gasteiger partial charge in [0.15, 0.2) is 0 Å². The van der Waals surface area contributed by atoms with Gasteiger partial charge in [0.2, 0.25) is 0 Å². The second-order valence-electron chi connectivity index (χ2n) is 4.98. The minimum atomic E-state index is -0.849. The predicted octanol–water partition coefficient (Wildman–Crippen LogP) is 2.57. The van der Waals surface area contributed by atoms with Gasteiger partial charge in [-0.25, -0.2) is 0 Å². The van der Waals surface area contributed by atoms with Gasteiger partial charge in [-0.3, -0.25) is 9.78 Å². The molecule has 3 rings (SSSR count). The lowest BCUT2D eigenvalue weighted by molar-refractivity contribution is -0.125. The molecule has 1 fully saturated rings. The molecule has 92 valence electrons. The van der Waals surface area contributed by atoms with Crippen LogP contribution in [0.1, 0.15) is 31.2 Å². The van der Waals surface area contributed by atoms with Crippen molar-refractivity contribution in [1.29, 1.82) is 0 Å². The van der Waals surface area contributed by atoms with Crippen LogP contribution in [-0.2, 0) is 10.4 Å². The molecule has 0 saturated heterocycles. The third kappa shape index (κ3) is 1.91. The molecular weight excluding hydrogens is 226 g/mol. The molecule has 1 aromatic heterocycles. The Morgan fingerprint density at radius 3 is 2.72 bits per heavy atom. The van der Waals surface area contributed by atoms with Gasteiger partial charge >= 0.3 is 0 Å². The quantitative estimate of drug-likeness (QED) is 0.834. The number of hydrogen-bond donors (Lipinski definition) is 1. The highest BCUT2D eigenvalue weighted by atomic mass is 16.3. The fraction of sp³-hybridized carbons (Fsp3) is 0.333. The van der Waals surface area contributed by atoms with Gasteiger partial charge in [0.25, 0.3) is 0 Å². The number of aromatic nitrogens is 1. The number of rotatable bonds is 1. The van der Waals surface area contributed by atoms with Crippen LogP contribution in [0.5, 0.6) is 0 Å².